The number of hydrogen-bond donors (Lipinski definition) is 3. The number of esters is 1. The van der Waals surface area contributed by atoms with E-state index in [1.54, 1.807) is 57.3 Å². The molecule has 5 amide bonds. The lowest BCUT2D eigenvalue weighted by molar-refractivity contribution is -0.142. The van der Waals surface area contributed by atoms with Crippen molar-refractivity contribution in [2.24, 2.45) is 0 Å². The van der Waals surface area contributed by atoms with E-state index in [-0.39, 0.29) is 19.4 Å². The largest absolute Gasteiger partial charge is 0.468 e. The Kier molecular flexibility index (Phi) is 9.14. The molecule has 0 unspecified atom stereocenters. The molecule has 3 N–H and O–H groups in total. The van der Waals surface area contributed by atoms with Crippen molar-refractivity contribution in [3.63, 3.8) is 0 Å². The molecule has 1 saturated heterocycles. The van der Waals surface area contributed by atoms with E-state index in [0.717, 1.165) is 21.4 Å². The second kappa shape index (κ2) is 12.8. The van der Waals surface area contributed by atoms with Crippen molar-refractivity contribution in [2.75, 3.05) is 25.1 Å². The van der Waals surface area contributed by atoms with Crippen molar-refractivity contribution in [1.29, 1.82) is 0 Å². The summed E-state index contributed by atoms with van der Waals surface area (Å²) in [5.74, 6) is -1.70. The number of benzene rings is 2. The fraction of sp³-hybridized carbons (Fsp3) is 0.367. The third-order valence-corrected chi connectivity index (χ3v) is 6.70. The van der Waals surface area contributed by atoms with E-state index in [0.29, 0.717) is 5.69 Å². The van der Waals surface area contributed by atoms with Crippen LogP contribution in [0.15, 0.2) is 60.8 Å². The molecule has 0 bridgehead atoms. The predicted molar refractivity (Wildman–Crippen MR) is 155 cm³/mol. The zero-order chi connectivity index (χ0) is 30.4. The molecular formula is C30H35N5O7. The number of alkyl carbamates (subject to hydrolysis) is 1. The number of anilines is 1. The number of aromatic amines is 1. The normalized spacial score (nSPS) is 16.2. The summed E-state index contributed by atoms with van der Waals surface area (Å²) in [5.41, 5.74) is 1.26. The minimum absolute atomic E-state index is 0.143. The lowest BCUT2D eigenvalue weighted by Gasteiger charge is -2.39. The second-order valence-corrected chi connectivity index (χ2v) is 10.9. The molecule has 0 aliphatic carbocycles. The Labute approximate surface area is 243 Å². The van der Waals surface area contributed by atoms with Gasteiger partial charge in [-0.1, -0.05) is 36.4 Å². The van der Waals surface area contributed by atoms with Crippen LogP contribution in [-0.2, 0) is 30.3 Å². The van der Waals surface area contributed by atoms with Crippen molar-refractivity contribution in [2.45, 2.75) is 51.3 Å². The predicted octanol–water partition coefficient (Wildman–Crippen LogP) is 3.12. The Balaban J connectivity index is 1.53. The van der Waals surface area contributed by atoms with Crippen LogP contribution < -0.4 is 15.5 Å². The zero-order valence-corrected chi connectivity index (χ0v) is 24.0. The van der Waals surface area contributed by atoms with Gasteiger partial charge in [-0.05, 0) is 44.5 Å². The van der Waals surface area contributed by atoms with E-state index in [4.69, 9.17) is 9.47 Å². The Morgan fingerprint density at radius 2 is 1.74 bits per heavy atom. The fourth-order valence-electron chi connectivity index (χ4n) is 4.73. The van der Waals surface area contributed by atoms with Crippen LogP contribution in [0.4, 0.5) is 15.3 Å². The molecule has 42 heavy (non-hydrogen) atoms. The number of hydrogen-bond acceptors (Lipinski definition) is 7. The summed E-state index contributed by atoms with van der Waals surface area (Å²) in [6, 6.07) is 13.4. The number of methoxy groups -OCH3 is 1. The van der Waals surface area contributed by atoms with Gasteiger partial charge in [-0.15, -0.1) is 0 Å². The number of carbonyl (C=O) groups excluding carboxylic acids is 5. The van der Waals surface area contributed by atoms with E-state index in [9.17, 15) is 24.0 Å². The van der Waals surface area contributed by atoms with E-state index >= 15 is 0 Å². The summed E-state index contributed by atoms with van der Waals surface area (Å²) in [7, 11) is 1.20. The molecule has 1 aliphatic heterocycles. The van der Waals surface area contributed by atoms with E-state index in [2.05, 4.69) is 15.6 Å². The number of nitrogens with zero attached hydrogens (tertiary/aromatic N) is 2. The van der Waals surface area contributed by atoms with E-state index in [1.807, 2.05) is 24.3 Å². The topological polar surface area (TPSA) is 150 Å². The van der Waals surface area contributed by atoms with Gasteiger partial charge in [-0.3, -0.25) is 14.4 Å². The number of para-hydroxylation sites is 2. The number of carbonyl (C=O) groups is 5. The van der Waals surface area contributed by atoms with Crippen LogP contribution >= 0.6 is 0 Å². The Morgan fingerprint density at radius 1 is 1.05 bits per heavy atom. The molecule has 0 saturated carbocycles. The first-order valence-corrected chi connectivity index (χ1v) is 13.5. The summed E-state index contributed by atoms with van der Waals surface area (Å²) in [6.07, 6.45) is 1.00. The Morgan fingerprint density at radius 3 is 2.43 bits per heavy atom. The number of H-pyrrole nitrogens is 1. The van der Waals surface area contributed by atoms with Crippen LogP contribution in [0.5, 0.6) is 0 Å². The van der Waals surface area contributed by atoms with Crippen molar-refractivity contribution < 1.29 is 33.4 Å². The van der Waals surface area contributed by atoms with Crippen LogP contribution in [0, 0.1) is 0 Å². The molecule has 12 heteroatoms. The summed E-state index contributed by atoms with van der Waals surface area (Å²) in [6.45, 7) is 4.59. The number of urea groups is 1. The first-order valence-electron chi connectivity index (χ1n) is 13.5. The molecule has 4 rings (SSSR count). The number of aromatic nitrogens is 1. The highest BCUT2D eigenvalue weighted by molar-refractivity contribution is 6.16. The quantitative estimate of drug-likeness (QED) is 0.331. The third-order valence-electron chi connectivity index (χ3n) is 6.70. The molecule has 1 aromatic heterocycles. The van der Waals surface area contributed by atoms with Crippen LogP contribution in [0.25, 0.3) is 10.9 Å². The van der Waals surface area contributed by atoms with Crippen molar-refractivity contribution in [3.05, 3.63) is 66.4 Å². The summed E-state index contributed by atoms with van der Waals surface area (Å²) >= 11 is 0. The van der Waals surface area contributed by atoms with Gasteiger partial charge in [-0.25, -0.2) is 14.5 Å². The maximum atomic E-state index is 13.5. The third kappa shape index (κ3) is 7.25. The molecular weight excluding hydrogens is 542 g/mol. The summed E-state index contributed by atoms with van der Waals surface area (Å²) in [4.78, 5) is 70.2. The van der Waals surface area contributed by atoms with Crippen molar-refractivity contribution >= 4 is 46.5 Å². The Bertz CT molecular complexity index is 1460. The lowest BCUT2D eigenvalue weighted by Crippen LogP contribution is -2.61. The first kappa shape index (κ1) is 30.1. The molecule has 0 spiro atoms. The first-order chi connectivity index (χ1) is 20.0. The number of rotatable bonds is 9. The molecule has 12 nitrogen and oxygen atoms in total. The lowest BCUT2D eigenvalue weighted by atomic mass is 10.0. The van der Waals surface area contributed by atoms with Crippen molar-refractivity contribution in [3.8, 4) is 0 Å². The van der Waals surface area contributed by atoms with Gasteiger partial charge in [0.15, 0.2) is 0 Å². The maximum Gasteiger partial charge on any atom is 0.408 e. The van der Waals surface area contributed by atoms with Gasteiger partial charge in [-0.2, -0.15) is 0 Å². The van der Waals surface area contributed by atoms with Gasteiger partial charge < -0.3 is 30.0 Å². The number of imide groups is 1. The molecule has 222 valence electrons. The molecule has 1 aliphatic rings. The molecule has 0 radical (unpaired) electrons. The maximum absolute atomic E-state index is 13.5. The average molecular weight is 578 g/mol. The van der Waals surface area contributed by atoms with Gasteiger partial charge >= 0.3 is 18.1 Å². The fourth-order valence-corrected chi connectivity index (χ4v) is 4.73. The van der Waals surface area contributed by atoms with E-state index in [1.165, 1.54) is 12.0 Å². The van der Waals surface area contributed by atoms with Gasteiger partial charge in [0.2, 0.25) is 11.8 Å². The highest BCUT2D eigenvalue weighted by Crippen LogP contribution is 2.24. The summed E-state index contributed by atoms with van der Waals surface area (Å²) in [5, 5.41) is 6.31. The number of ether oxygens (including phenoxy) is 2. The van der Waals surface area contributed by atoms with Gasteiger partial charge in [0.25, 0.3) is 0 Å². The average Bonchev–Trinajstić information content (AvgIpc) is 3.35. The van der Waals surface area contributed by atoms with Crippen molar-refractivity contribution in [1.82, 2.24) is 20.5 Å². The summed E-state index contributed by atoms with van der Waals surface area (Å²) < 4.78 is 10.2. The van der Waals surface area contributed by atoms with E-state index < -0.39 is 54.1 Å². The molecule has 1 fully saturated rings. The van der Waals surface area contributed by atoms with Crippen LogP contribution in [-0.4, -0.2) is 77.7 Å². The molecule has 3 aromatic rings. The zero-order valence-electron chi connectivity index (χ0n) is 24.0. The SMILES string of the molecule is COC(=O)CN1C(=O)N(c2ccccc2)C(=O)C[C@@H]1CNC(=O)[C@@H](Cc1c[nH]c2ccccc12)NC(=O)OC(C)(C)C. The smallest absolute Gasteiger partial charge is 0.408 e. The molecule has 2 atom stereocenters. The highest BCUT2D eigenvalue weighted by atomic mass is 16.6. The van der Waals surface area contributed by atoms with Gasteiger partial charge in [0.1, 0.15) is 18.2 Å². The standard InChI is InChI=1S/C30H35N5O7/c1-30(2,3)42-28(39)33-24(14-19-16-31-23-13-9-8-12-22(19)23)27(38)32-17-21-15-25(36)35(20-10-6-5-7-11-20)29(40)34(21)18-26(37)41-4/h5-13,16,21,24,31H,14-15,17-18H2,1-4H3,(H,32,38)(H,33,39)/t21-,24-/m1/s1. The highest BCUT2D eigenvalue weighted by Gasteiger charge is 2.41. The number of nitrogens with one attached hydrogen (secondary N) is 3. The number of fused-ring (bicyclic) bond motifs is 1. The van der Waals surface area contributed by atoms with Crippen LogP contribution in [0.2, 0.25) is 0 Å². The minimum atomic E-state index is -1.04. The molecule has 2 heterocycles. The monoisotopic (exact) mass is 577 g/mol. The second-order valence-electron chi connectivity index (χ2n) is 10.9. The molecule has 2 aromatic carbocycles. The number of amides is 5. The Hall–Kier alpha value is -4.87. The van der Waals surface area contributed by atoms with Gasteiger partial charge in [0, 0.05) is 36.5 Å². The van der Waals surface area contributed by atoms with Crippen LogP contribution in [0.3, 0.4) is 0 Å². The minimum Gasteiger partial charge on any atom is -0.468 e. The van der Waals surface area contributed by atoms with Crippen LogP contribution in [0.1, 0.15) is 32.8 Å². The van der Waals surface area contributed by atoms with Gasteiger partial charge in [0.05, 0.1) is 18.8 Å².